The first-order chi connectivity index (χ1) is 9.99. The van der Waals surface area contributed by atoms with Gasteiger partial charge in [0.2, 0.25) is 0 Å². The van der Waals surface area contributed by atoms with Crippen molar-refractivity contribution in [3.05, 3.63) is 46.5 Å². The maximum Gasteiger partial charge on any atom is 0.270 e. The molecule has 2 heterocycles. The van der Waals surface area contributed by atoms with Crippen molar-refractivity contribution in [2.24, 2.45) is 5.92 Å². The molecule has 0 aliphatic rings. The average Bonchev–Trinajstić information content (AvgIpc) is 2.45. The Balaban J connectivity index is 2.13. The molecule has 0 saturated carbocycles. The molecular formula is C15H19N3O3. The molecule has 2 rings (SSSR count). The van der Waals surface area contributed by atoms with Gasteiger partial charge >= 0.3 is 0 Å². The van der Waals surface area contributed by atoms with E-state index in [0.717, 1.165) is 0 Å². The first kappa shape index (κ1) is 15.2. The van der Waals surface area contributed by atoms with Crippen molar-refractivity contribution in [1.29, 1.82) is 0 Å². The summed E-state index contributed by atoms with van der Waals surface area (Å²) in [7, 11) is 0. The summed E-state index contributed by atoms with van der Waals surface area (Å²) in [5.41, 5.74) is 0.0331. The Kier molecular flexibility index (Phi) is 4.70. The summed E-state index contributed by atoms with van der Waals surface area (Å²) in [4.78, 5) is 28.3. The fourth-order valence-electron chi connectivity index (χ4n) is 2.12. The van der Waals surface area contributed by atoms with E-state index in [1.54, 1.807) is 24.4 Å². The highest BCUT2D eigenvalue weighted by Crippen LogP contribution is 2.03. The van der Waals surface area contributed by atoms with Crippen molar-refractivity contribution in [3.63, 3.8) is 0 Å². The van der Waals surface area contributed by atoms with Crippen molar-refractivity contribution in [2.75, 3.05) is 6.54 Å². The average molecular weight is 289 g/mol. The lowest BCUT2D eigenvalue weighted by Gasteiger charge is -2.13. The fourth-order valence-corrected chi connectivity index (χ4v) is 2.12. The Labute approximate surface area is 122 Å². The van der Waals surface area contributed by atoms with E-state index in [1.165, 1.54) is 10.6 Å². The van der Waals surface area contributed by atoms with E-state index < -0.39 is 17.6 Å². The Bertz CT molecular complexity index is 694. The molecule has 0 saturated heterocycles. The number of aromatic nitrogens is 2. The van der Waals surface area contributed by atoms with Crippen molar-refractivity contribution in [2.45, 2.75) is 26.4 Å². The summed E-state index contributed by atoms with van der Waals surface area (Å²) in [5.74, 6) is -0.182. The minimum Gasteiger partial charge on any atom is -0.391 e. The molecule has 112 valence electrons. The molecule has 0 spiro atoms. The highest BCUT2D eigenvalue weighted by Gasteiger charge is 2.14. The third-order valence-electron chi connectivity index (χ3n) is 3.10. The second kappa shape index (κ2) is 6.49. The largest absolute Gasteiger partial charge is 0.391 e. The summed E-state index contributed by atoms with van der Waals surface area (Å²) < 4.78 is 1.32. The van der Waals surface area contributed by atoms with E-state index in [9.17, 15) is 14.7 Å². The summed E-state index contributed by atoms with van der Waals surface area (Å²) in [6.07, 6.45) is 2.80. The predicted molar refractivity (Wildman–Crippen MR) is 79.3 cm³/mol. The number of amides is 1. The molecule has 2 N–H and O–H groups in total. The first-order valence-electron chi connectivity index (χ1n) is 6.91. The zero-order valence-corrected chi connectivity index (χ0v) is 12.1. The molecule has 0 radical (unpaired) electrons. The zero-order valence-electron chi connectivity index (χ0n) is 12.1. The van der Waals surface area contributed by atoms with Crippen molar-refractivity contribution in [1.82, 2.24) is 14.7 Å². The van der Waals surface area contributed by atoms with Crippen LogP contribution in [0.4, 0.5) is 0 Å². The molecule has 2 aromatic rings. The maximum absolute atomic E-state index is 12.2. The SMILES string of the molecule is CC(C)CC(O)CNC(=O)c1cnc2ccccn2c1=O. The van der Waals surface area contributed by atoms with Crippen LogP contribution in [-0.4, -0.2) is 33.0 Å². The number of carbonyl (C=O) groups is 1. The molecule has 0 aliphatic carbocycles. The lowest BCUT2D eigenvalue weighted by atomic mass is 10.1. The van der Waals surface area contributed by atoms with E-state index in [0.29, 0.717) is 18.0 Å². The van der Waals surface area contributed by atoms with Crippen LogP contribution in [0.5, 0.6) is 0 Å². The second-order valence-electron chi connectivity index (χ2n) is 5.40. The van der Waals surface area contributed by atoms with Crippen LogP contribution in [0.3, 0.4) is 0 Å². The number of carbonyl (C=O) groups excluding carboxylic acids is 1. The number of aliphatic hydroxyl groups is 1. The van der Waals surface area contributed by atoms with Gasteiger partial charge in [0, 0.05) is 18.9 Å². The number of nitrogens with zero attached hydrogens (tertiary/aromatic N) is 2. The van der Waals surface area contributed by atoms with Gasteiger partial charge in [-0.05, 0) is 24.5 Å². The molecule has 21 heavy (non-hydrogen) atoms. The standard InChI is InChI=1S/C15H19N3O3/c1-10(2)7-11(19)8-17-14(20)12-9-16-13-5-3-4-6-18(13)15(12)21/h3-6,9-11,19H,7-8H2,1-2H3,(H,17,20). The molecule has 0 bridgehead atoms. The quantitative estimate of drug-likeness (QED) is 0.854. The predicted octanol–water partition coefficient (Wildman–Crippen LogP) is 0.831. The summed E-state index contributed by atoms with van der Waals surface area (Å²) in [5, 5.41) is 12.3. The van der Waals surface area contributed by atoms with Gasteiger partial charge in [-0.25, -0.2) is 4.98 Å². The molecule has 1 atom stereocenters. The van der Waals surface area contributed by atoms with Gasteiger partial charge in [-0.3, -0.25) is 14.0 Å². The fraction of sp³-hybridized carbons (Fsp3) is 0.400. The topological polar surface area (TPSA) is 83.7 Å². The van der Waals surface area contributed by atoms with Crippen molar-refractivity contribution >= 4 is 11.6 Å². The summed E-state index contributed by atoms with van der Waals surface area (Å²) in [6.45, 7) is 4.10. The highest BCUT2D eigenvalue weighted by molar-refractivity contribution is 5.93. The monoisotopic (exact) mass is 289 g/mol. The van der Waals surface area contributed by atoms with Crippen LogP contribution < -0.4 is 10.9 Å². The summed E-state index contributed by atoms with van der Waals surface area (Å²) >= 11 is 0. The smallest absolute Gasteiger partial charge is 0.270 e. The normalized spacial score (nSPS) is 12.6. The Morgan fingerprint density at radius 3 is 2.90 bits per heavy atom. The van der Waals surface area contributed by atoms with E-state index in [2.05, 4.69) is 10.3 Å². The van der Waals surface area contributed by atoms with Gasteiger partial charge in [0.15, 0.2) is 0 Å². The lowest BCUT2D eigenvalue weighted by Crippen LogP contribution is -2.36. The van der Waals surface area contributed by atoms with Gasteiger partial charge < -0.3 is 10.4 Å². The van der Waals surface area contributed by atoms with Gasteiger partial charge in [0.05, 0.1) is 6.10 Å². The zero-order chi connectivity index (χ0) is 15.4. The van der Waals surface area contributed by atoms with Crippen LogP contribution in [0.1, 0.15) is 30.6 Å². The maximum atomic E-state index is 12.2. The van der Waals surface area contributed by atoms with Crippen LogP contribution >= 0.6 is 0 Å². The Hall–Kier alpha value is -2.21. The molecular weight excluding hydrogens is 270 g/mol. The molecule has 6 heteroatoms. The van der Waals surface area contributed by atoms with E-state index in [4.69, 9.17) is 0 Å². The number of fused-ring (bicyclic) bond motifs is 1. The van der Waals surface area contributed by atoms with Gasteiger partial charge in [-0.1, -0.05) is 19.9 Å². The van der Waals surface area contributed by atoms with Gasteiger partial charge in [0.25, 0.3) is 11.5 Å². The number of hydrogen-bond acceptors (Lipinski definition) is 4. The minimum atomic E-state index is -0.620. The molecule has 0 aromatic carbocycles. The van der Waals surface area contributed by atoms with E-state index in [1.807, 2.05) is 13.8 Å². The molecule has 0 aliphatic heterocycles. The van der Waals surface area contributed by atoms with Crippen LogP contribution in [0.15, 0.2) is 35.4 Å². The lowest BCUT2D eigenvalue weighted by molar-refractivity contribution is 0.0898. The third-order valence-corrected chi connectivity index (χ3v) is 3.10. The van der Waals surface area contributed by atoms with Crippen LogP contribution in [0, 0.1) is 5.92 Å². The molecule has 6 nitrogen and oxygen atoms in total. The van der Waals surface area contributed by atoms with E-state index in [-0.39, 0.29) is 12.1 Å². The molecule has 1 unspecified atom stereocenters. The second-order valence-corrected chi connectivity index (χ2v) is 5.40. The molecule has 1 amide bonds. The minimum absolute atomic E-state index is 0.0320. The van der Waals surface area contributed by atoms with Crippen LogP contribution in [0.2, 0.25) is 0 Å². The third kappa shape index (κ3) is 3.66. The number of aliphatic hydroxyl groups excluding tert-OH is 1. The Morgan fingerprint density at radius 1 is 1.43 bits per heavy atom. The summed E-state index contributed by atoms with van der Waals surface area (Å²) in [6, 6.07) is 5.16. The number of hydrogen-bond donors (Lipinski definition) is 2. The Morgan fingerprint density at radius 2 is 2.19 bits per heavy atom. The molecule has 2 aromatic heterocycles. The van der Waals surface area contributed by atoms with Crippen molar-refractivity contribution in [3.8, 4) is 0 Å². The number of nitrogens with one attached hydrogen (secondary N) is 1. The first-order valence-corrected chi connectivity index (χ1v) is 6.91. The number of rotatable bonds is 5. The highest BCUT2D eigenvalue weighted by atomic mass is 16.3. The van der Waals surface area contributed by atoms with E-state index >= 15 is 0 Å². The van der Waals surface area contributed by atoms with Crippen LogP contribution in [-0.2, 0) is 0 Å². The van der Waals surface area contributed by atoms with Crippen LogP contribution in [0.25, 0.3) is 5.65 Å². The van der Waals surface area contributed by atoms with Gasteiger partial charge in [0.1, 0.15) is 11.2 Å². The van der Waals surface area contributed by atoms with Gasteiger partial charge in [-0.15, -0.1) is 0 Å². The molecule has 0 fully saturated rings. The number of pyridine rings is 1. The van der Waals surface area contributed by atoms with Gasteiger partial charge in [-0.2, -0.15) is 0 Å². The van der Waals surface area contributed by atoms with Crippen molar-refractivity contribution < 1.29 is 9.90 Å².